The molecule has 0 saturated carbocycles. The van der Waals surface area contributed by atoms with Gasteiger partial charge in [0.2, 0.25) is 0 Å². The van der Waals surface area contributed by atoms with Gasteiger partial charge in [-0.05, 0) is 44.9 Å². The molecule has 0 radical (unpaired) electrons. The largest absolute Gasteiger partial charge is 0.493 e. The number of benzene rings is 1. The Balaban J connectivity index is 2.68. The minimum atomic E-state index is -0.502. The van der Waals surface area contributed by atoms with Gasteiger partial charge < -0.3 is 14.8 Å². The minimum Gasteiger partial charge on any atom is -0.493 e. The first-order chi connectivity index (χ1) is 9.67. The van der Waals surface area contributed by atoms with Crippen molar-refractivity contribution in [3.8, 4) is 5.75 Å². The molecule has 0 saturated heterocycles. The molecule has 118 valence electrons. The molecule has 0 aliphatic heterocycles. The van der Waals surface area contributed by atoms with Crippen LogP contribution in [-0.2, 0) is 11.3 Å². The lowest BCUT2D eigenvalue weighted by Crippen LogP contribution is -2.32. The highest BCUT2D eigenvalue weighted by atomic mass is 79.9. The summed E-state index contributed by atoms with van der Waals surface area (Å²) in [5.74, 6) is 1.23. The second-order valence-electron chi connectivity index (χ2n) is 6.31. The van der Waals surface area contributed by atoms with Crippen LogP contribution >= 0.6 is 15.9 Å². The SMILES string of the molecule is CC(C)COc1ccc(Br)cc1CNC(=O)OC(C)(C)C. The van der Waals surface area contributed by atoms with Crippen LogP contribution in [0.2, 0.25) is 0 Å². The van der Waals surface area contributed by atoms with Crippen LogP contribution in [0.1, 0.15) is 40.2 Å². The van der Waals surface area contributed by atoms with Gasteiger partial charge in [-0.3, -0.25) is 0 Å². The molecule has 1 aromatic rings. The highest BCUT2D eigenvalue weighted by Gasteiger charge is 2.16. The Morgan fingerprint density at radius 1 is 1.33 bits per heavy atom. The molecule has 4 nitrogen and oxygen atoms in total. The Bertz CT molecular complexity index is 481. The fraction of sp³-hybridized carbons (Fsp3) is 0.562. The summed E-state index contributed by atoms with van der Waals surface area (Å²) in [5.41, 5.74) is 0.411. The zero-order chi connectivity index (χ0) is 16.0. The quantitative estimate of drug-likeness (QED) is 0.843. The highest BCUT2D eigenvalue weighted by molar-refractivity contribution is 9.10. The number of halogens is 1. The van der Waals surface area contributed by atoms with Gasteiger partial charge in [0.25, 0.3) is 0 Å². The van der Waals surface area contributed by atoms with Crippen molar-refractivity contribution in [3.05, 3.63) is 28.2 Å². The predicted octanol–water partition coefficient (Wildman–Crippen LogP) is 4.51. The van der Waals surface area contributed by atoms with Crippen molar-refractivity contribution in [2.24, 2.45) is 5.92 Å². The summed E-state index contributed by atoms with van der Waals surface area (Å²) in [7, 11) is 0. The van der Waals surface area contributed by atoms with Crippen LogP contribution in [-0.4, -0.2) is 18.3 Å². The molecule has 1 N–H and O–H groups in total. The van der Waals surface area contributed by atoms with E-state index in [-0.39, 0.29) is 0 Å². The number of ether oxygens (including phenoxy) is 2. The lowest BCUT2D eigenvalue weighted by molar-refractivity contribution is 0.0523. The van der Waals surface area contributed by atoms with Crippen LogP contribution in [0.5, 0.6) is 5.75 Å². The Kier molecular flexibility index (Phi) is 6.52. The van der Waals surface area contributed by atoms with Crippen LogP contribution < -0.4 is 10.1 Å². The van der Waals surface area contributed by atoms with Crippen LogP contribution in [0, 0.1) is 5.92 Å². The molecule has 0 heterocycles. The molecule has 0 atom stereocenters. The Morgan fingerprint density at radius 2 is 2.00 bits per heavy atom. The van der Waals surface area contributed by atoms with Gasteiger partial charge in [0.15, 0.2) is 0 Å². The van der Waals surface area contributed by atoms with Gasteiger partial charge in [0.1, 0.15) is 11.4 Å². The zero-order valence-electron chi connectivity index (χ0n) is 13.3. The van der Waals surface area contributed by atoms with Crippen molar-refractivity contribution in [2.75, 3.05) is 6.61 Å². The molecule has 5 heteroatoms. The van der Waals surface area contributed by atoms with Crippen molar-refractivity contribution in [1.82, 2.24) is 5.32 Å². The maximum atomic E-state index is 11.7. The van der Waals surface area contributed by atoms with Crippen molar-refractivity contribution in [1.29, 1.82) is 0 Å². The van der Waals surface area contributed by atoms with Gasteiger partial charge in [0, 0.05) is 16.6 Å². The number of alkyl carbamates (subject to hydrolysis) is 1. The van der Waals surface area contributed by atoms with Gasteiger partial charge in [-0.15, -0.1) is 0 Å². The number of rotatable bonds is 5. The monoisotopic (exact) mass is 357 g/mol. The molecule has 21 heavy (non-hydrogen) atoms. The van der Waals surface area contributed by atoms with Gasteiger partial charge in [-0.1, -0.05) is 29.8 Å². The number of amides is 1. The number of hydrogen-bond donors (Lipinski definition) is 1. The van der Waals surface area contributed by atoms with Crippen LogP contribution in [0.15, 0.2) is 22.7 Å². The second kappa shape index (κ2) is 7.69. The highest BCUT2D eigenvalue weighted by Crippen LogP contribution is 2.24. The summed E-state index contributed by atoms with van der Waals surface area (Å²) in [6.45, 7) is 10.7. The average molecular weight is 358 g/mol. The topological polar surface area (TPSA) is 47.6 Å². The number of carbonyl (C=O) groups is 1. The lowest BCUT2D eigenvalue weighted by atomic mass is 10.2. The van der Waals surface area contributed by atoms with E-state index in [2.05, 4.69) is 35.1 Å². The van der Waals surface area contributed by atoms with Crippen LogP contribution in [0.25, 0.3) is 0 Å². The van der Waals surface area contributed by atoms with E-state index in [9.17, 15) is 4.79 Å². The molecule has 0 aliphatic carbocycles. The van der Waals surface area contributed by atoms with E-state index in [0.717, 1.165) is 15.8 Å². The zero-order valence-corrected chi connectivity index (χ0v) is 14.9. The van der Waals surface area contributed by atoms with Crippen molar-refractivity contribution in [2.45, 2.75) is 46.8 Å². The Labute approximate surface area is 135 Å². The summed E-state index contributed by atoms with van der Waals surface area (Å²) in [6, 6.07) is 5.76. The maximum Gasteiger partial charge on any atom is 0.407 e. The van der Waals surface area contributed by atoms with Gasteiger partial charge in [0.05, 0.1) is 6.61 Å². The molecule has 0 aromatic heterocycles. The van der Waals surface area contributed by atoms with Crippen molar-refractivity contribution < 1.29 is 14.3 Å². The first-order valence-electron chi connectivity index (χ1n) is 7.05. The van der Waals surface area contributed by atoms with Crippen molar-refractivity contribution >= 4 is 22.0 Å². The normalized spacial score (nSPS) is 11.4. The van der Waals surface area contributed by atoms with E-state index in [1.807, 2.05) is 39.0 Å². The predicted molar refractivity (Wildman–Crippen MR) is 87.5 cm³/mol. The van der Waals surface area contributed by atoms with E-state index in [0.29, 0.717) is 19.1 Å². The maximum absolute atomic E-state index is 11.7. The fourth-order valence-corrected chi connectivity index (χ4v) is 1.97. The second-order valence-corrected chi connectivity index (χ2v) is 7.23. The molecule has 1 amide bonds. The number of carbonyl (C=O) groups excluding carboxylic acids is 1. The van der Waals surface area contributed by atoms with E-state index < -0.39 is 11.7 Å². The minimum absolute atomic E-state index is 0.363. The molecule has 0 spiro atoms. The van der Waals surface area contributed by atoms with Gasteiger partial charge in [-0.2, -0.15) is 0 Å². The first kappa shape index (κ1) is 17.8. The molecule has 1 aromatic carbocycles. The summed E-state index contributed by atoms with van der Waals surface area (Å²) in [6.07, 6.45) is -0.433. The molecular formula is C16H24BrNO3. The molecule has 0 aliphatic rings. The van der Waals surface area contributed by atoms with Crippen LogP contribution in [0.4, 0.5) is 4.79 Å². The third-order valence-corrected chi connectivity index (χ3v) is 2.91. The molecule has 0 fully saturated rings. The first-order valence-corrected chi connectivity index (χ1v) is 7.85. The fourth-order valence-electron chi connectivity index (χ4n) is 1.56. The summed E-state index contributed by atoms with van der Waals surface area (Å²) < 4.78 is 11.9. The summed E-state index contributed by atoms with van der Waals surface area (Å²) in [4.78, 5) is 11.7. The Morgan fingerprint density at radius 3 is 2.57 bits per heavy atom. The smallest absolute Gasteiger partial charge is 0.407 e. The van der Waals surface area contributed by atoms with E-state index in [1.165, 1.54) is 0 Å². The van der Waals surface area contributed by atoms with Gasteiger partial charge in [-0.25, -0.2) is 4.79 Å². The van der Waals surface area contributed by atoms with E-state index >= 15 is 0 Å². The van der Waals surface area contributed by atoms with E-state index in [4.69, 9.17) is 9.47 Å². The number of nitrogens with one attached hydrogen (secondary N) is 1. The van der Waals surface area contributed by atoms with Crippen LogP contribution in [0.3, 0.4) is 0 Å². The molecule has 0 unspecified atom stereocenters. The molecule has 1 rings (SSSR count). The lowest BCUT2D eigenvalue weighted by Gasteiger charge is -2.20. The third-order valence-electron chi connectivity index (χ3n) is 2.42. The van der Waals surface area contributed by atoms with Gasteiger partial charge >= 0.3 is 6.09 Å². The summed E-state index contributed by atoms with van der Waals surface area (Å²) in [5, 5.41) is 2.75. The standard InChI is InChI=1S/C16H24BrNO3/c1-11(2)10-20-14-7-6-13(17)8-12(14)9-18-15(19)21-16(3,4)5/h6-8,11H,9-10H2,1-5H3,(H,18,19). The molecule has 0 bridgehead atoms. The van der Waals surface area contributed by atoms with E-state index in [1.54, 1.807) is 0 Å². The Hall–Kier alpha value is -1.23. The number of hydrogen-bond acceptors (Lipinski definition) is 3. The third kappa shape index (κ3) is 7.37. The molecular weight excluding hydrogens is 334 g/mol. The average Bonchev–Trinajstić information content (AvgIpc) is 2.33. The summed E-state index contributed by atoms with van der Waals surface area (Å²) >= 11 is 3.43. The van der Waals surface area contributed by atoms with Crippen molar-refractivity contribution in [3.63, 3.8) is 0 Å².